The second-order valence-corrected chi connectivity index (χ2v) is 5.44. The molecule has 0 saturated heterocycles. The number of carbonyl (C=O) groups excluding carboxylic acids is 1. The molecule has 7 nitrogen and oxygen atoms in total. The maximum Gasteiger partial charge on any atom is 0.240 e. The molecular formula is C15H14N6O. The average molecular weight is 294 g/mol. The van der Waals surface area contributed by atoms with E-state index in [2.05, 4.69) is 30.7 Å². The minimum absolute atomic E-state index is 0.0406. The highest BCUT2D eigenvalue weighted by molar-refractivity contribution is 6.07. The van der Waals surface area contributed by atoms with Crippen LogP contribution in [0.25, 0.3) is 22.4 Å². The van der Waals surface area contributed by atoms with Gasteiger partial charge in [0, 0.05) is 24.1 Å². The summed E-state index contributed by atoms with van der Waals surface area (Å²) in [6, 6.07) is 5.95. The molecule has 3 aromatic rings. The highest BCUT2D eigenvalue weighted by Gasteiger charge is 2.22. The van der Waals surface area contributed by atoms with Gasteiger partial charge in [-0.3, -0.25) is 9.89 Å². The molecule has 0 fully saturated rings. The van der Waals surface area contributed by atoms with Gasteiger partial charge in [0.2, 0.25) is 5.91 Å². The first kappa shape index (κ1) is 12.8. The van der Waals surface area contributed by atoms with E-state index in [1.54, 1.807) is 12.4 Å². The van der Waals surface area contributed by atoms with Crippen molar-refractivity contribution in [2.24, 2.45) is 11.0 Å². The van der Waals surface area contributed by atoms with Crippen molar-refractivity contribution in [1.82, 2.24) is 25.6 Å². The Labute approximate surface area is 125 Å². The summed E-state index contributed by atoms with van der Waals surface area (Å²) >= 11 is 0. The predicted molar refractivity (Wildman–Crippen MR) is 82.1 cm³/mol. The molecule has 0 aliphatic carbocycles. The van der Waals surface area contributed by atoms with Crippen LogP contribution in [0.2, 0.25) is 0 Å². The summed E-state index contributed by atoms with van der Waals surface area (Å²) < 4.78 is 0. The second kappa shape index (κ2) is 4.80. The second-order valence-electron chi connectivity index (χ2n) is 5.44. The number of fused-ring (bicyclic) bond motifs is 1. The molecule has 110 valence electrons. The maximum absolute atomic E-state index is 11.4. The largest absolute Gasteiger partial charge is 0.338 e. The van der Waals surface area contributed by atoms with Gasteiger partial charge in [0.1, 0.15) is 5.82 Å². The molecule has 2 aromatic heterocycles. The predicted octanol–water partition coefficient (Wildman–Crippen LogP) is 1.81. The Hall–Kier alpha value is -2.96. The van der Waals surface area contributed by atoms with Crippen LogP contribution in [-0.2, 0) is 4.79 Å². The van der Waals surface area contributed by atoms with Crippen LogP contribution in [0.5, 0.6) is 0 Å². The van der Waals surface area contributed by atoms with Crippen molar-refractivity contribution < 1.29 is 4.79 Å². The maximum atomic E-state index is 11.4. The Kier molecular flexibility index (Phi) is 2.78. The zero-order chi connectivity index (χ0) is 15.1. The Bertz CT molecular complexity index is 877. The number of hydrogen-bond donors (Lipinski definition) is 3. The first-order valence-corrected chi connectivity index (χ1v) is 7.06. The van der Waals surface area contributed by atoms with Gasteiger partial charge in [0.05, 0.1) is 28.5 Å². The minimum Gasteiger partial charge on any atom is -0.338 e. The number of nitrogens with zero attached hydrogens (tertiary/aromatic N) is 3. The van der Waals surface area contributed by atoms with Crippen LogP contribution in [-0.4, -0.2) is 31.8 Å². The Balaban J connectivity index is 1.76. The van der Waals surface area contributed by atoms with Crippen molar-refractivity contribution in [1.29, 1.82) is 0 Å². The molecule has 1 aliphatic heterocycles. The van der Waals surface area contributed by atoms with Crippen molar-refractivity contribution in [2.45, 2.75) is 13.3 Å². The van der Waals surface area contributed by atoms with E-state index in [9.17, 15) is 4.79 Å². The SMILES string of the molecule is CC1CC(=O)NN=C1c1ccc2nc(-c3cn[nH]c3)[nH]c2c1. The van der Waals surface area contributed by atoms with Gasteiger partial charge in [0.25, 0.3) is 0 Å². The molecular weight excluding hydrogens is 280 g/mol. The van der Waals surface area contributed by atoms with Crippen LogP contribution < -0.4 is 5.43 Å². The van der Waals surface area contributed by atoms with Gasteiger partial charge in [-0.05, 0) is 12.1 Å². The van der Waals surface area contributed by atoms with Crippen LogP contribution in [0, 0.1) is 5.92 Å². The summed E-state index contributed by atoms with van der Waals surface area (Å²) in [4.78, 5) is 19.2. The molecule has 22 heavy (non-hydrogen) atoms. The molecule has 0 radical (unpaired) electrons. The number of aromatic amines is 2. The van der Waals surface area contributed by atoms with E-state index >= 15 is 0 Å². The average Bonchev–Trinajstić information content (AvgIpc) is 3.15. The molecule has 0 saturated carbocycles. The molecule has 1 amide bonds. The summed E-state index contributed by atoms with van der Waals surface area (Å²) in [5, 5.41) is 10.9. The number of amides is 1. The summed E-state index contributed by atoms with van der Waals surface area (Å²) in [5.74, 6) is 0.830. The van der Waals surface area contributed by atoms with E-state index in [0.29, 0.717) is 6.42 Å². The van der Waals surface area contributed by atoms with Gasteiger partial charge in [-0.1, -0.05) is 13.0 Å². The van der Waals surface area contributed by atoms with E-state index in [1.165, 1.54) is 0 Å². The zero-order valence-electron chi connectivity index (χ0n) is 11.9. The van der Waals surface area contributed by atoms with E-state index in [4.69, 9.17) is 0 Å². The fourth-order valence-electron chi connectivity index (χ4n) is 2.69. The quantitative estimate of drug-likeness (QED) is 0.672. The molecule has 1 aliphatic rings. The highest BCUT2D eigenvalue weighted by Crippen LogP contribution is 2.23. The van der Waals surface area contributed by atoms with Crippen molar-refractivity contribution in [3.8, 4) is 11.4 Å². The number of hydrazone groups is 1. The monoisotopic (exact) mass is 294 g/mol. The Morgan fingerprint density at radius 1 is 1.27 bits per heavy atom. The van der Waals surface area contributed by atoms with Gasteiger partial charge in [-0.25, -0.2) is 10.4 Å². The molecule has 1 aromatic carbocycles. The van der Waals surface area contributed by atoms with E-state index in [0.717, 1.165) is 33.7 Å². The lowest BCUT2D eigenvalue weighted by molar-refractivity contribution is -0.121. The van der Waals surface area contributed by atoms with Crippen molar-refractivity contribution >= 4 is 22.7 Å². The summed E-state index contributed by atoms with van der Waals surface area (Å²) in [5.41, 5.74) is 7.15. The molecule has 3 heterocycles. The van der Waals surface area contributed by atoms with Gasteiger partial charge in [0.15, 0.2) is 0 Å². The normalized spacial score (nSPS) is 18.3. The van der Waals surface area contributed by atoms with Crippen molar-refractivity contribution in [2.75, 3.05) is 0 Å². The number of hydrogen-bond acceptors (Lipinski definition) is 4. The van der Waals surface area contributed by atoms with Crippen LogP contribution >= 0.6 is 0 Å². The van der Waals surface area contributed by atoms with Crippen LogP contribution in [0.3, 0.4) is 0 Å². The fourth-order valence-corrected chi connectivity index (χ4v) is 2.69. The van der Waals surface area contributed by atoms with E-state index in [-0.39, 0.29) is 11.8 Å². The Morgan fingerprint density at radius 3 is 2.95 bits per heavy atom. The molecule has 0 spiro atoms. The number of benzene rings is 1. The lowest BCUT2D eigenvalue weighted by Crippen LogP contribution is -2.31. The van der Waals surface area contributed by atoms with Crippen LogP contribution in [0.1, 0.15) is 18.9 Å². The third kappa shape index (κ3) is 2.07. The topological polar surface area (TPSA) is 98.8 Å². The summed E-state index contributed by atoms with van der Waals surface area (Å²) in [6.07, 6.45) is 3.98. The van der Waals surface area contributed by atoms with Crippen molar-refractivity contribution in [3.63, 3.8) is 0 Å². The lowest BCUT2D eigenvalue weighted by atomic mass is 9.94. The zero-order valence-corrected chi connectivity index (χ0v) is 11.9. The number of aromatic nitrogens is 4. The lowest BCUT2D eigenvalue weighted by Gasteiger charge is -2.18. The third-order valence-electron chi connectivity index (χ3n) is 3.81. The minimum atomic E-state index is -0.0406. The summed E-state index contributed by atoms with van der Waals surface area (Å²) in [6.45, 7) is 2.01. The standard InChI is InChI=1S/C15H14N6O/c1-8-4-13(22)20-21-14(8)9-2-3-11-12(5-9)19-15(18-11)10-6-16-17-7-10/h2-3,5-8H,4H2,1H3,(H,16,17)(H,18,19)(H,20,22). The molecule has 1 unspecified atom stereocenters. The summed E-state index contributed by atoms with van der Waals surface area (Å²) in [7, 11) is 0. The van der Waals surface area contributed by atoms with E-state index < -0.39 is 0 Å². The van der Waals surface area contributed by atoms with Gasteiger partial charge >= 0.3 is 0 Å². The molecule has 7 heteroatoms. The number of H-pyrrole nitrogens is 2. The smallest absolute Gasteiger partial charge is 0.240 e. The number of imidazole rings is 1. The molecule has 0 bridgehead atoms. The Morgan fingerprint density at radius 2 is 2.18 bits per heavy atom. The molecule has 4 rings (SSSR count). The number of carbonyl (C=O) groups is 1. The highest BCUT2D eigenvalue weighted by atomic mass is 16.2. The van der Waals surface area contributed by atoms with Crippen molar-refractivity contribution in [3.05, 3.63) is 36.2 Å². The number of rotatable bonds is 2. The molecule has 1 atom stereocenters. The van der Waals surface area contributed by atoms with Gasteiger partial charge < -0.3 is 4.98 Å². The third-order valence-corrected chi connectivity index (χ3v) is 3.81. The molecule has 3 N–H and O–H groups in total. The van der Waals surface area contributed by atoms with Crippen LogP contribution in [0.4, 0.5) is 0 Å². The fraction of sp³-hybridized carbons (Fsp3) is 0.200. The van der Waals surface area contributed by atoms with Gasteiger partial charge in [-0.15, -0.1) is 0 Å². The van der Waals surface area contributed by atoms with Gasteiger partial charge in [-0.2, -0.15) is 10.2 Å². The first-order valence-electron chi connectivity index (χ1n) is 7.06. The first-order chi connectivity index (χ1) is 10.7. The number of nitrogens with one attached hydrogen (secondary N) is 3. The van der Waals surface area contributed by atoms with E-state index in [1.807, 2.05) is 25.1 Å². The van der Waals surface area contributed by atoms with Crippen LogP contribution in [0.15, 0.2) is 35.7 Å².